The van der Waals surface area contributed by atoms with Crippen LogP contribution >= 0.6 is 15.1 Å². The van der Waals surface area contributed by atoms with Crippen molar-refractivity contribution >= 4 is 81.4 Å². The Morgan fingerprint density at radius 3 is 1.07 bits per heavy atom. The Morgan fingerprint density at radius 1 is 0.290 bits per heavy atom. The van der Waals surface area contributed by atoms with Crippen LogP contribution in [0.1, 0.15) is 47.2 Å². The third-order valence-corrected chi connectivity index (χ3v) is 19.6. The fraction of sp³-hybridized carbons (Fsp3) is 0.0448. The van der Waals surface area contributed by atoms with Crippen molar-refractivity contribution < 1.29 is 0 Å². The summed E-state index contributed by atoms with van der Waals surface area (Å²) in [6.45, 7) is 4.74. The van der Waals surface area contributed by atoms with E-state index in [1.165, 1.54) is 119 Å². The van der Waals surface area contributed by atoms with Gasteiger partial charge in [-0.05, 0) is 123 Å². The van der Waals surface area contributed by atoms with Gasteiger partial charge in [-0.3, -0.25) is 0 Å². The molecule has 2 atom stereocenters. The Labute approximate surface area is 406 Å². The van der Waals surface area contributed by atoms with Gasteiger partial charge in [0.1, 0.15) is 0 Å². The SMILES string of the molecule is CC1(C)c2cc(C=Cc3ccc(-c4ccc5c(c4)c4ccccc4p5-c4ccccc4)cc3)ccc2-c2ccc(C=Cc3ccc(-c4ccc5c(c4)c4ccccc4p5-c4ccccc4)cc3)cc21. The van der Waals surface area contributed by atoms with Gasteiger partial charge in [0, 0.05) is 25.9 Å². The molecule has 0 amide bonds. The molecule has 0 fully saturated rings. The number of rotatable bonds is 8. The van der Waals surface area contributed by atoms with Gasteiger partial charge in [0.05, 0.1) is 0 Å². The van der Waals surface area contributed by atoms with Gasteiger partial charge in [0.15, 0.2) is 0 Å². The van der Waals surface area contributed by atoms with Crippen molar-refractivity contribution in [1.82, 2.24) is 0 Å². The number of hydrogen-bond donors (Lipinski definition) is 0. The molecule has 1 aliphatic rings. The highest BCUT2D eigenvalue weighted by molar-refractivity contribution is 7.68. The van der Waals surface area contributed by atoms with E-state index in [-0.39, 0.29) is 5.41 Å². The average Bonchev–Trinajstić information content (AvgIpc) is 4.00. The predicted octanol–water partition coefficient (Wildman–Crippen LogP) is 20.2. The maximum absolute atomic E-state index is 2.41. The zero-order valence-corrected chi connectivity index (χ0v) is 40.4. The van der Waals surface area contributed by atoms with Gasteiger partial charge in [0.25, 0.3) is 0 Å². The molecule has 2 unspecified atom stereocenters. The molecule has 0 radical (unpaired) electrons. The topological polar surface area (TPSA) is 0 Å². The summed E-state index contributed by atoms with van der Waals surface area (Å²) < 4.78 is 0. The van der Waals surface area contributed by atoms with Crippen molar-refractivity contribution in [1.29, 1.82) is 0 Å². The van der Waals surface area contributed by atoms with Crippen molar-refractivity contribution in [3.8, 4) is 44.0 Å². The summed E-state index contributed by atoms with van der Waals surface area (Å²) in [6, 6.07) is 86.1. The summed E-state index contributed by atoms with van der Waals surface area (Å²) in [6.07, 6.45) is 9.01. The molecule has 0 saturated carbocycles. The highest BCUT2D eigenvalue weighted by Gasteiger charge is 2.35. The predicted molar refractivity (Wildman–Crippen MR) is 304 cm³/mol. The van der Waals surface area contributed by atoms with Crippen LogP contribution < -0.4 is 0 Å². The molecular formula is C67H48P2. The normalized spacial score (nSPS) is 13.6. The lowest BCUT2D eigenvalue weighted by Crippen LogP contribution is -2.15. The number of fused-ring (bicyclic) bond motifs is 9. The lowest BCUT2D eigenvalue weighted by Gasteiger charge is -2.22. The van der Waals surface area contributed by atoms with Crippen LogP contribution in [0.25, 0.3) is 110 Å². The molecule has 2 heteroatoms. The third kappa shape index (κ3) is 7.23. The maximum atomic E-state index is 2.41. The van der Waals surface area contributed by atoms with Crippen molar-refractivity contribution in [2.24, 2.45) is 0 Å². The van der Waals surface area contributed by atoms with Gasteiger partial charge < -0.3 is 0 Å². The van der Waals surface area contributed by atoms with Crippen LogP contribution in [-0.4, -0.2) is 0 Å². The van der Waals surface area contributed by atoms with E-state index >= 15 is 0 Å². The minimum atomic E-state index is -0.547. The molecule has 0 N–H and O–H groups in total. The Kier molecular flexibility index (Phi) is 10.1. The summed E-state index contributed by atoms with van der Waals surface area (Å²) in [5.41, 5.74) is 15.1. The first-order valence-electron chi connectivity index (χ1n) is 24.0. The van der Waals surface area contributed by atoms with E-state index in [0.29, 0.717) is 0 Å². The van der Waals surface area contributed by atoms with E-state index in [1.54, 1.807) is 0 Å². The Hall–Kier alpha value is -7.72. The fourth-order valence-corrected chi connectivity index (χ4v) is 16.2. The standard InChI is InChI=1S/C67H48P2/c1-67(2)61-41-47(23-21-45-25-31-49(32-26-45)51-35-39-65-59(43-51)57-17-9-11-19-63(57)68(65)53-13-5-3-6-14-53)29-37-55(61)56-38-30-48(42-62(56)67)24-22-46-27-33-50(34-28-46)52-36-40-66-60(44-52)58-18-10-12-20-64(58)69(66)54-15-7-4-8-16-54/h3-44H,1-2H3. The summed E-state index contributed by atoms with van der Waals surface area (Å²) >= 11 is 0. The van der Waals surface area contributed by atoms with E-state index in [9.17, 15) is 0 Å². The number of benzene rings is 10. The lowest BCUT2D eigenvalue weighted by molar-refractivity contribution is 0.660. The molecule has 13 rings (SSSR count). The number of hydrogen-bond acceptors (Lipinski definition) is 0. The van der Waals surface area contributed by atoms with Gasteiger partial charge in [-0.25, -0.2) is 0 Å². The molecule has 10 aromatic carbocycles. The van der Waals surface area contributed by atoms with Crippen molar-refractivity contribution in [2.45, 2.75) is 19.3 Å². The third-order valence-electron chi connectivity index (χ3n) is 14.5. The molecular weight excluding hydrogens is 867 g/mol. The molecule has 1 aliphatic carbocycles. The van der Waals surface area contributed by atoms with Gasteiger partial charge in [-0.2, -0.15) is 0 Å². The minimum Gasteiger partial charge on any atom is -0.0772 e. The molecule has 0 saturated heterocycles. The fourth-order valence-electron chi connectivity index (χ4n) is 11.0. The Balaban J connectivity index is 0.712. The first-order chi connectivity index (χ1) is 33.9. The van der Waals surface area contributed by atoms with Crippen molar-refractivity contribution in [3.05, 3.63) is 264 Å². The van der Waals surface area contributed by atoms with Crippen LogP contribution in [0.15, 0.2) is 231 Å². The summed E-state index contributed by atoms with van der Waals surface area (Å²) in [5.74, 6) is 0. The van der Waals surface area contributed by atoms with Gasteiger partial charge in [-0.15, -0.1) is 0 Å². The minimum absolute atomic E-state index is 0.112. The van der Waals surface area contributed by atoms with Crippen LogP contribution in [0.5, 0.6) is 0 Å². The second kappa shape index (κ2) is 16.8. The van der Waals surface area contributed by atoms with Crippen LogP contribution in [0, 0.1) is 0 Å². The monoisotopic (exact) mass is 914 g/mol. The zero-order chi connectivity index (χ0) is 46.1. The Bertz CT molecular complexity index is 3730. The van der Waals surface area contributed by atoms with E-state index in [4.69, 9.17) is 0 Å². The van der Waals surface area contributed by atoms with Gasteiger partial charge >= 0.3 is 0 Å². The van der Waals surface area contributed by atoms with E-state index in [1.807, 2.05) is 0 Å². The molecule has 0 nitrogen and oxygen atoms in total. The van der Waals surface area contributed by atoms with Crippen molar-refractivity contribution in [3.63, 3.8) is 0 Å². The van der Waals surface area contributed by atoms with Crippen LogP contribution in [-0.2, 0) is 5.41 Å². The summed E-state index contributed by atoms with van der Waals surface area (Å²) in [5, 5.41) is 14.1. The first-order valence-corrected chi connectivity index (χ1v) is 26.7. The Morgan fingerprint density at radius 2 is 0.638 bits per heavy atom. The molecule has 0 aliphatic heterocycles. The molecule has 0 bridgehead atoms. The first kappa shape index (κ1) is 41.5. The quantitative estimate of drug-likeness (QED) is 0.133. The highest BCUT2D eigenvalue weighted by Crippen LogP contribution is 2.57. The molecule has 326 valence electrons. The maximum Gasteiger partial charge on any atom is 0.0159 e. The zero-order valence-electron chi connectivity index (χ0n) is 38.6. The molecule has 0 spiro atoms. The second-order valence-electron chi connectivity index (χ2n) is 19.0. The lowest BCUT2D eigenvalue weighted by atomic mass is 9.81. The van der Waals surface area contributed by atoms with Crippen molar-refractivity contribution in [2.75, 3.05) is 0 Å². The van der Waals surface area contributed by atoms with E-state index < -0.39 is 15.1 Å². The van der Waals surface area contributed by atoms with Crippen LogP contribution in [0.3, 0.4) is 0 Å². The van der Waals surface area contributed by atoms with Gasteiger partial charge in [-0.1, -0.05) is 259 Å². The molecule has 2 aromatic heterocycles. The second-order valence-corrected chi connectivity index (χ2v) is 23.3. The molecule has 69 heavy (non-hydrogen) atoms. The van der Waals surface area contributed by atoms with E-state index in [0.717, 1.165) is 0 Å². The highest BCUT2D eigenvalue weighted by atomic mass is 31.1. The van der Waals surface area contributed by atoms with Gasteiger partial charge in [0.2, 0.25) is 0 Å². The molecule has 2 heterocycles. The summed E-state index contributed by atoms with van der Waals surface area (Å²) in [4.78, 5) is 0. The van der Waals surface area contributed by atoms with E-state index in [2.05, 4.69) is 269 Å². The average molecular weight is 915 g/mol. The molecule has 12 aromatic rings. The van der Waals surface area contributed by atoms with Crippen LogP contribution in [0.2, 0.25) is 0 Å². The smallest absolute Gasteiger partial charge is 0.0159 e. The largest absolute Gasteiger partial charge is 0.0772 e. The summed E-state index contributed by atoms with van der Waals surface area (Å²) in [7, 11) is -1.09. The van der Waals surface area contributed by atoms with Crippen LogP contribution in [0.4, 0.5) is 0 Å².